The summed E-state index contributed by atoms with van der Waals surface area (Å²) in [5.41, 5.74) is 1.03. The van der Waals surface area contributed by atoms with Crippen LogP contribution in [-0.2, 0) is 13.0 Å². The van der Waals surface area contributed by atoms with Crippen molar-refractivity contribution in [1.82, 2.24) is 9.88 Å². The number of alkyl halides is 2. The van der Waals surface area contributed by atoms with Crippen LogP contribution in [0.2, 0.25) is 0 Å². The van der Waals surface area contributed by atoms with E-state index in [2.05, 4.69) is 9.88 Å². The lowest BCUT2D eigenvalue weighted by Gasteiger charge is -2.29. The van der Waals surface area contributed by atoms with Crippen LogP contribution in [0.4, 0.5) is 8.78 Å². The third kappa shape index (κ3) is 4.38. The lowest BCUT2D eigenvalue weighted by atomic mass is 9.87. The lowest BCUT2D eigenvalue weighted by molar-refractivity contribution is 0.0816. The topological polar surface area (TPSA) is 25.4 Å². The minimum absolute atomic E-state index is 0.402. The van der Waals surface area contributed by atoms with Crippen LogP contribution in [0.15, 0.2) is 0 Å². The Bertz CT molecular complexity index is 475. The highest BCUT2D eigenvalue weighted by Crippen LogP contribution is 2.31. The van der Waals surface area contributed by atoms with Gasteiger partial charge in [-0.1, -0.05) is 43.4 Å². The first-order valence-electron chi connectivity index (χ1n) is 8.32. The maximum atomic E-state index is 12.2. The second-order valence-corrected chi connectivity index (χ2v) is 7.42. The minimum Gasteiger partial charge on any atom is -0.464 e. The van der Waals surface area contributed by atoms with E-state index in [1.165, 1.54) is 54.7 Å². The van der Waals surface area contributed by atoms with Crippen molar-refractivity contribution in [2.24, 2.45) is 5.92 Å². The molecule has 124 valence electrons. The molecule has 1 aromatic heterocycles. The molecule has 0 aromatic carbocycles. The highest BCUT2D eigenvalue weighted by Gasteiger charge is 2.22. The minimum atomic E-state index is -2.44. The molecule has 6 heteroatoms. The largest absolute Gasteiger partial charge is 0.464 e. The van der Waals surface area contributed by atoms with Gasteiger partial charge in [-0.2, -0.15) is 0 Å². The third-order valence-electron chi connectivity index (χ3n) is 4.70. The van der Waals surface area contributed by atoms with Gasteiger partial charge in [-0.3, -0.25) is 4.90 Å². The first kappa shape index (κ1) is 16.1. The Morgan fingerprint density at radius 1 is 1.27 bits per heavy atom. The van der Waals surface area contributed by atoms with E-state index in [1.54, 1.807) is 0 Å². The van der Waals surface area contributed by atoms with E-state index in [4.69, 9.17) is 4.74 Å². The van der Waals surface area contributed by atoms with Crippen LogP contribution < -0.4 is 4.74 Å². The van der Waals surface area contributed by atoms with Gasteiger partial charge in [-0.25, -0.2) is 13.8 Å². The van der Waals surface area contributed by atoms with Crippen molar-refractivity contribution in [2.45, 2.75) is 57.9 Å². The summed E-state index contributed by atoms with van der Waals surface area (Å²) in [7, 11) is 0. The fourth-order valence-electron chi connectivity index (χ4n) is 3.46. The molecule has 0 unspecified atom stereocenters. The fraction of sp³-hybridized carbons (Fsp3) is 0.812. The molecule has 0 atom stereocenters. The third-order valence-corrected chi connectivity index (χ3v) is 5.77. The van der Waals surface area contributed by atoms with E-state index >= 15 is 0 Å². The Balaban J connectivity index is 1.48. The maximum Gasteiger partial charge on any atom is 0.273 e. The Morgan fingerprint density at radius 2 is 2.09 bits per heavy atom. The molecule has 2 heterocycles. The molecule has 0 spiro atoms. The van der Waals surface area contributed by atoms with Crippen molar-refractivity contribution >= 4 is 11.3 Å². The highest BCUT2D eigenvalue weighted by atomic mass is 32.1. The number of rotatable bonds is 6. The number of nitrogens with zero attached hydrogens (tertiary/aromatic N) is 2. The summed E-state index contributed by atoms with van der Waals surface area (Å²) in [6.07, 6.45) is 6.79. The van der Waals surface area contributed by atoms with E-state index in [-0.39, 0.29) is 0 Å². The van der Waals surface area contributed by atoms with Crippen LogP contribution in [0, 0.1) is 5.92 Å². The van der Waals surface area contributed by atoms with Gasteiger partial charge in [-0.15, -0.1) is 0 Å². The zero-order valence-corrected chi connectivity index (χ0v) is 13.7. The molecule has 0 saturated heterocycles. The Labute approximate surface area is 134 Å². The predicted octanol–water partition coefficient (Wildman–Crippen LogP) is 4.12. The summed E-state index contributed by atoms with van der Waals surface area (Å²) in [4.78, 5) is 8.05. The molecular weight excluding hydrogens is 306 g/mol. The van der Waals surface area contributed by atoms with Gasteiger partial charge >= 0.3 is 0 Å². The molecule has 1 fully saturated rings. The summed E-state index contributed by atoms with van der Waals surface area (Å²) in [6, 6.07) is 0. The Morgan fingerprint density at radius 3 is 2.86 bits per heavy atom. The van der Waals surface area contributed by atoms with Crippen LogP contribution >= 0.6 is 11.3 Å². The molecule has 2 aliphatic rings. The summed E-state index contributed by atoms with van der Waals surface area (Å²) in [6.45, 7) is 2.47. The molecule has 1 aliphatic heterocycles. The number of hydrogen-bond donors (Lipinski definition) is 0. The van der Waals surface area contributed by atoms with Crippen molar-refractivity contribution in [3.8, 4) is 5.19 Å². The molecule has 1 aromatic rings. The Hall–Kier alpha value is -0.750. The SMILES string of the molecule is FC(F)COc1nc2c(s1)CCN(CCC1CCCCC1)C2. The monoisotopic (exact) mass is 330 g/mol. The van der Waals surface area contributed by atoms with Gasteiger partial charge in [0.25, 0.3) is 11.6 Å². The summed E-state index contributed by atoms with van der Waals surface area (Å²) >= 11 is 1.43. The fourth-order valence-corrected chi connectivity index (χ4v) is 4.37. The van der Waals surface area contributed by atoms with Crippen molar-refractivity contribution in [1.29, 1.82) is 0 Å². The highest BCUT2D eigenvalue weighted by molar-refractivity contribution is 7.13. The molecule has 1 saturated carbocycles. The van der Waals surface area contributed by atoms with E-state index in [0.717, 1.165) is 37.7 Å². The molecule has 3 rings (SSSR count). The molecule has 0 amide bonds. The molecule has 0 radical (unpaired) electrons. The molecular formula is C16H24F2N2OS. The molecule has 3 nitrogen and oxygen atoms in total. The molecule has 1 aliphatic carbocycles. The van der Waals surface area contributed by atoms with Crippen LogP contribution in [0.1, 0.15) is 49.1 Å². The predicted molar refractivity (Wildman–Crippen MR) is 83.8 cm³/mol. The average molecular weight is 330 g/mol. The second-order valence-electron chi connectivity index (χ2n) is 6.37. The van der Waals surface area contributed by atoms with Crippen molar-refractivity contribution in [2.75, 3.05) is 19.7 Å². The number of aromatic nitrogens is 1. The lowest BCUT2D eigenvalue weighted by Crippen LogP contribution is -2.32. The van der Waals surface area contributed by atoms with Crippen LogP contribution in [0.25, 0.3) is 0 Å². The number of fused-ring (bicyclic) bond motifs is 1. The smallest absolute Gasteiger partial charge is 0.273 e. The molecule has 0 bridgehead atoms. The van der Waals surface area contributed by atoms with Gasteiger partial charge < -0.3 is 4.74 Å². The van der Waals surface area contributed by atoms with Gasteiger partial charge in [0.1, 0.15) is 0 Å². The second kappa shape index (κ2) is 7.68. The van der Waals surface area contributed by atoms with Crippen LogP contribution in [0.3, 0.4) is 0 Å². The standard InChI is InChI=1S/C16H24F2N2OS/c17-15(18)11-21-16-19-13-10-20(9-7-14(13)22-16)8-6-12-4-2-1-3-5-12/h12,15H,1-11H2. The van der Waals surface area contributed by atoms with Crippen molar-refractivity contribution in [3.63, 3.8) is 0 Å². The van der Waals surface area contributed by atoms with E-state index in [9.17, 15) is 8.78 Å². The normalized spacial score (nSPS) is 20.3. The van der Waals surface area contributed by atoms with Crippen molar-refractivity contribution < 1.29 is 13.5 Å². The number of halogens is 2. The first-order chi connectivity index (χ1) is 10.7. The van der Waals surface area contributed by atoms with Crippen LogP contribution in [0.5, 0.6) is 5.19 Å². The molecule has 0 N–H and O–H groups in total. The average Bonchev–Trinajstić information content (AvgIpc) is 2.94. The Kier molecular flexibility index (Phi) is 5.63. The number of ether oxygens (including phenoxy) is 1. The van der Waals surface area contributed by atoms with Gasteiger partial charge in [0.2, 0.25) is 0 Å². The summed E-state index contributed by atoms with van der Waals surface area (Å²) in [5.74, 6) is 0.899. The molecule has 22 heavy (non-hydrogen) atoms. The van der Waals surface area contributed by atoms with Gasteiger partial charge in [0.05, 0.1) is 5.69 Å². The summed E-state index contributed by atoms with van der Waals surface area (Å²) in [5, 5.41) is 0.402. The zero-order chi connectivity index (χ0) is 15.4. The first-order valence-corrected chi connectivity index (χ1v) is 9.14. The quantitative estimate of drug-likeness (QED) is 0.785. The number of hydrogen-bond acceptors (Lipinski definition) is 4. The van der Waals surface area contributed by atoms with Crippen molar-refractivity contribution in [3.05, 3.63) is 10.6 Å². The van der Waals surface area contributed by atoms with E-state index in [1.807, 2.05) is 0 Å². The van der Waals surface area contributed by atoms with Gasteiger partial charge in [0, 0.05) is 18.0 Å². The number of thiazole rings is 1. The van der Waals surface area contributed by atoms with E-state index in [0.29, 0.717) is 5.19 Å². The van der Waals surface area contributed by atoms with Gasteiger partial charge in [0.15, 0.2) is 6.61 Å². The van der Waals surface area contributed by atoms with Gasteiger partial charge in [-0.05, 0) is 25.3 Å². The van der Waals surface area contributed by atoms with Crippen LogP contribution in [-0.4, -0.2) is 36.0 Å². The summed E-state index contributed by atoms with van der Waals surface area (Å²) < 4.78 is 29.4. The van der Waals surface area contributed by atoms with E-state index < -0.39 is 13.0 Å². The maximum absolute atomic E-state index is 12.2. The zero-order valence-electron chi connectivity index (χ0n) is 12.9.